The first kappa shape index (κ1) is 12.1. The molecule has 1 aromatic rings. The van der Waals surface area contributed by atoms with Crippen molar-refractivity contribution in [2.45, 2.75) is 57.9 Å². The average Bonchev–Trinajstić information content (AvgIpc) is 2.69. The molecule has 0 radical (unpaired) electrons. The van der Waals surface area contributed by atoms with Crippen LogP contribution in [0.4, 0.5) is 0 Å². The molecule has 17 heavy (non-hydrogen) atoms. The Morgan fingerprint density at radius 1 is 1.35 bits per heavy atom. The van der Waals surface area contributed by atoms with Crippen molar-refractivity contribution in [1.29, 1.82) is 0 Å². The number of aryl methyl sites for hydroxylation is 1. The van der Waals surface area contributed by atoms with Crippen molar-refractivity contribution >= 4 is 5.97 Å². The second-order valence-corrected chi connectivity index (χ2v) is 4.74. The van der Waals surface area contributed by atoms with Gasteiger partial charge in [0, 0.05) is 12.5 Å². The number of aliphatic carboxylic acids is 1. The summed E-state index contributed by atoms with van der Waals surface area (Å²) in [6, 6.07) is 0. The second kappa shape index (κ2) is 5.29. The first-order valence-corrected chi connectivity index (χ1v) is 6.30. The standard InChI is InChI=1S/C12H19N3O2/c1-9-13-14-12(10-5-3-2-4-6-10)15(9)8-7-11(16)17/h10H,2-8H2,1H3,(H,16,17). The van der Waals surface area contributed by atoms with E-state index in [1.807, 2.05) is 11.5 Å². The molecule has 0 aliphatic heterocycles. The minimum absolute atomic E-state index is 0.137. The van der Waals surface area contributed by atoms with Crippen molar-refractivity contribution in [2.75, 3.05) is 0 Å². The molecule has 0 bridgehead atoms. The minimum Gasteiger partial charge on any atom is -0.481 e. The van der Waals surface area contributed by atoms with E-state index < -0.39 is 5.97 Å². The molecule has 0 saturated heterocycles. The fourth-order valence-corrected chi connectivity index (χ4v) is 2.54. The van der Waals surface area contributed by atoms with Crippen molar-refractivity contribution < 1.29 is 9.90 Å². The summed E-state index contributed by atoms with van der Waals surface area (Å²) in [7, 11) is 0. The first-order chi connectivity index (χ1) is 8.18. The summed E-state index contributed by atoms with van der Waals surface area (Å²) in [5.41, 5.74) is 0. The van der Waals surface area contributed by atoms with Crippen molar-refractivity contribution in [3.8, 4) is 0 Å². The van der Waals surface area contributed by atoms with Gasteiger partial charge in [-0.1, -0.05) is 19.3 Å². The zero-order valence-electron chi connectivity index (χ0n) is 10.2. The van der Waals surface area contributed by atoms with E-state index in [-0.39, 0.29) is 6.42 Å². The Morgan fingerprint density at radius 3 is 2.71 bits per heavy atom. The van der Waals surface area contributed by atoms with Gasteiger partial charge in [-0.2, -0.15) is 0 Å². The maximum Gasteiger partial charge on any atom is 0.305 e. The van der Waals surface area contributed by atoms with Gasteiger partial charge in [0.25, 0.3) is 0 Å². The average molecular weight is 237 g/mol. The van der Waals surface area contributed by atoms with Crippen LogP contribution in [-0.2, 0) is 11.3 Å². The van der Waals surface area contributed by atoms with Crippen LogP contribution in [0.5, 0.6) is 0 Å². The quantitative estimate of drug-likeness (QED) is 0.870. The summed E-state index contributed by atoms with van der Waals surface area (Å²) >= 11 is 0. The van der Waals surface area contributed by atoms with Gasteiger partial charge in [0.05, 0.1) is 6.42 Å². The van der Waals surface area contributed by atoms with Crippen LogP contribution in [0.25, 0.3) is 0 Å². The summed E-state index contributed by atoms with van der Waals surface area (Å²) in [4.78, 5) is 10.6. The summed E-state index contributed by atoms with van der Waals surface area (Å²) in [5, 5.41) is 17.1. The van der Waals surface area contributed by atoms with Crippen LogP contribution in [0.1, 0.15) is 56.1 Å². The predicted molar refractivity (Wildman–Crippen MR) is 62.8 cm³/mol. The Bertz CT molecular complexity index is 394. The summed E-state index contributed by atoms with van der Waals surface area (Å²) in [6.45, 7) is 2.38. The Kier molecular flexibility index (Phi) is 3.76. The Hall–Kier alpha value is -1.39. The third-order valence-electron chi connectivity index (χ3n) is 3.48. The van der Waals surface area contributed by atoms with Crippen molar-refractivity contribution in [2.24, 2.45) is 0 Å². The molecule has 0 aromatic carbocycles. The number of carboxylic acids is 1. The van der Waals surface area contributed by atoms with Crippen molar-refractivity contribution in [3.63, 3.8) is 0 Å². The zero-order chi connectivity index (χ0) is 12.3. The van der Waals surface area contributed by atoms with Gasteiger partial charge < -0.3 is 9.67 Å². The molecule has 2 rings (SSSR count). The van der Waals surface area contributed by atoms with E-state index in [4.69, 9.17) is 5.11 Å². The maximum atomic E-state index is 10.6. The third-order valence-corrected chi connectivity index (χ3v) is 3.48. The number of nitrogens with zero attached hydrogens (tertiary/aromatic N) is 3. The molecular weight excluding hydrogens is 218 g/mol. The van der Waals surface area contributed by atoms with Gasteiger partial charge in [-0.3, -0.25) is 4.79 Å². The van der Waals surface area contributed by atoms with E-state index in [0.717, 1.165) is 24.5 Å². The van der Waals surface area contributed by atoms with E-state index in [0.29, 0.717) is 12.5 Å². The van der Waals surface area contributed by atoms with Crippen LogP contribution < -0.4 is 0 Å². The SMILES string of the molecule is Cc1nnc(C2CCCCC2)n1CCC(=O)O. The normalized spacial score (nSPS) is 17.2. The molecule has 5 heteroatoms. The lowest BCUT2D eigenvalue weighted by Crippen LogP contribution is -2.15. The fourth-order valence-electron chi connectivity index (χ4n) is 2.54. The molecule has 0 unspecified atom stereocenters. The van der Waals surface area contributed by atoms with E-state index in [1.54, 1.807) is 0 Å². The molecule has 94 valence electrons. The molecule has 0 amide bonds. The smallest absolute Gasteiger partial charge is 0.305 e. The third kappa shape index (κ3) is 2.84. The van der Waals surface area contributed by atoms with Gasteiger partial charge in [-0.25, -0.2) is 0 Å². The molecule has 1 fully saturated rings. The lowest BCUT2D eigenvalue weighted by Gasteiger charge is -2.21. The summed E-state index contributed by atoms with van der Waals surface area (Å²) in [5.74, 6) is 1.52. The largest absolute Gasteiger partial charge is 0.481 e. The molecule has 1 aliphatic rings. The van der Waals surface area contributed by atoms with E-state index in [2.05, 4.69) is 10.2 Å². The number of carboxylic acid groups (broad SMARTS) is 1. The second-order valence-electron chi connectivity index (χ2n) is 4.74. The van der Waals surface area contributed by atoms with Crippen LogP contribution in [0.2, 0.25) is 0 Å². The molecule has 1 heterocycles. The molecular formula is C12H19N3O2. The lowest BCUT2D eigenvalue weighted by atomic mass is 9.88. The van der Waals surface area contributed by atoms with Crippen LogP contribution in [-0.4, -0.2) is 25.8 Å². The predicted octanol–water partition coefficient (Wildman–Crippen LogP) is 2.11. The fraction of sp³-hybridized carbons (Fsp3) is 0.750. The minimum atomic E-state index is -0.771. The van der Waals surface area contributed by atoms with Crippen LogP contribution in [0.15, 0.2) is 0 Å². The van der Waals surface area contributed by atoms with Crippen LogP contribution >= 0.6 is 0 Å². The van der Waals surface area contributed by atoms with Crippen molar-refractivity contribution in [1.82, 2.24) is 14.8 Å². The Morgan fingerprint density at radius 2 is 2.06 bits per heavy atom. The highest BCUT2D eigenvalue weighted by Gasteiger charge is 2.22. The highest BCUT2D eigenvalue weighted by Crippen LogP contribution is 2.31. The van der Waals surface area contributed by atoms with E-state index >= 15 is 0 Å². The Balaban J connectivity index is 2.12. The molecule has 1 aromatic heterocycles. The maximum absolute atomic E-state index is 10.6. The van der Waals surface area contributed by atoms with Gasteiger partial charge >= 0.3 is 5.97 Å². The molecule has 0 atom stereocenters. The summed E-state index contributed by atoms with van der Waals surface area (Å²) < 4.78 is 1.98. The van der Waals surface area contributed by atoms with Crippen molar-refractivity contribution in [3.05, 3.63) is 11.6 Å². The zero-order valence-corrected chi connectivity index (χ0v) is 10.2. The topological polar surface area (TPSA) is 68.0 Å². The van der Waals surface area contributed by atoms with Gasteiger partial charge in [-0.05, 0) is 19.8 Å². The number of aromatic nitrogens is 3. The number of hydrogen-bond acceptors (Lipinski definition) is 3. The lowest BCUT2D eigenvalue weighted by molar-refractivity contribution is -0.137. The number of hydrogen-bond donors (Lipinski definition) is 1. The van der Waals surface area contributed by atoms with Gasteiger partial charge in [-0.15, -0.1) is 10.2 Å². The van der Waals surface area contributed by atoms with Crippen LogP contribution in [0, 0.1) is 6.92 Å². The monoisotopic (exact) mass is 237 g/mol. The molecule has 0 spiro atoms. The summed E-state index contributed by atoms with van der Waals surface area (Å²) in [6.07, 6.45) is 6.25. The van der Waals surface area contributed by atoms with Gasteiger partial charge in [0.15, 0.2) is 0 Å². The van der Waals surface area contributed by atoms with Gasteiger partial charge in [0.1, 0.15) is 11.6 Å². The molecule has 1 N–H and O–H groups in total. The highest BCUT2D eigenvalue weighted by atomic mass is 16.4. The Labute approximate surface area is 101 Å². The number of carbonyl (C=O) groups is 1. The highest BCUT2D eigenvalue weighted by molar-refractivity contribution is 5.66. The van der Waals surface area contributed by atoms with E-state index in [9.17, 15) is 4.79 Å². The van der Waals surface area contributed by atoms with Crippen LogP contribution in [0.3, 0.4) is 0 Å². The molecule has 1 aliphatic carbocycles. The number of rotatable bonds is 4. The molecule has 1 saturated carbocycles. The van der Waals surface area contributed by atoms with Gasteiger partial charge in [0.2, 0.25) is 0 Å². The first-order valence-electron chi connectivity index (χ1n) is 6.30. The van der Waals surface area contributed by atoms with E-state index in [1.165, 1.54) is 19.3 Å². The molecule has 5 nitrogen and oxygen atoms in total.